The second kappa shape index (κ2) is 8.14. The van der Waals surface area contributed by atoms with E-state index in [0.29, 0.717) is 11.4 Å². The highest BCUT2D eigenvalue weighted by Crippen LogP contribution is 2.23. The van der Waals surface area contributed by atoms with Gasteiger partial charge in [0.25, 0.3) is 5.91 Å². The molecular formula is C17H17NO4S. The van der Waals surface area contributed by atoms with Gasteiger partial charge in [-0.2, -0.15) is 0 Å². The van der Waals surface area contributed by atoms with Crippen LogP contribution in [0.5, 0.6) is 5.75 Å². The number of ether oxygens (including phenoxy) is 2. The molecule has 1 atom stereocenters. The summed E-state index contributed by atoms with van der Waals surface area (Å²) in [6, 6.07) is 10.8. The molecule has 1 aromatic heterocycles. The van der Waals surface area contributed by atoms with Crippen molar-refractivity contribution in [3.05, 3.63) is 52.7 Å². The number of amides is 1. The Balaban J connectivity index is 1.90. The molecule has 0 fully saturated rings. The largest absolute Gasteiger partial charge is 0.495 e. The van der Waals surface area contributed by atoms with E-state index in [0.717, 1.165) is 4.88 Å². The third kappa shape index (κ3) is 4.96. The summed E-state index contributed by atoms with van der Waals surface area (Å²) >= 11 is 1.51. The van der Waals surface area contributed by atoms with Gasteiger partial charge in [0.1, 0.15) is 5.75 Å². The van der Waals surface area contributed by atoms with Crippen molar-refractivity contribution >= 4 is 35.0 Å². The van der Waals surface area contributed by atoms with Crippen LogP contribution < -0.4 is 10.1 Å². The van der Waals surface area contributed by atoms with Gasteiger partial charge >= 0.3 is 5.97 Å². The van der Waals surface area contributed by atoms with E-state index in [9.17, 15) is 9.59 Å². The fourth-order valence-corrected chi connectivity index (χ4v) is 2.40. The molecule has 6 heteroatoms. The zero-order valence-corrected chi connectivity index (χ0v) is 13.6. The van der Waals surface area contributed by atoms with Gasteiger partial charge in [0.15, 0.2) is 6.10 Å². The molecule has 1 aromatic carbocycles. The highest BCUT2D eigenvalue weighted by molar-refractivity contribution is 7.10. The number of hydrogen-bond donors (Lipinski definition) is 1. The van der Waals surface area contributed by atoms with Crippen LogP contribution >= 0.6 is 11.3 Å². The maximum Gasteiger partial charge on any atom is 0.331 e. The molecule has 0 spiro atoms. The van der Waals surface area contributed by atoms with Crippen molar-refractivity contribution in [1.82, 2.24) is 0 Å². The molecule has 23 heavy (non-hydrogen) atoms. The maximum atomic E-state index is 12.1. The number of nitrogens with one attached hydrogen (secondary N) is 1. The van der Waals surface area contributed by atoms with E-state index in [-0.39, 0.29) is 0 Å². The van der Waals surface area contributed by atoms with Crippen molar-refractivity contribution in [3.63, 3.8) is 0 Å². The number of esters is 1. The Labute approximate surface area is 138 Å². The van der Waals surface area contributed by atoms with E-state index in [4.69, 9.17) is 9.47 Å². The van der Waals surface area contributed by atoms with Crippen LogP contribution in [0.15, 0.2) is 47.9 Å². The molecule has 1 N–H and O–H groups in total. The van der Waals surface area contributed by atoms with Gasteiger partial charge in [-0.25, -0.2) is 4.79 Å². The Morgan fingerprint density at radius 1 is 1.22 bits per heavy atom. The Hall–Kier alpha value is -2.60. The van der Waals surface area contributed by atoms with Gasteiger partial charge in [-0.1, -0.05) is 18.2 Å². The molecule has 0 aliphatic carbocycles. The molecule has 0 bridgehead atoms. The molecule has 0 aliphatic heterocycles. The van der Waals surface area contributed by atoms with Crippen LogP contribution in [0.1, 0.15) is 11.8 Å². The first kappa shape index (κ1) is 16.8. The minimum atomic E-state index is -0.916. The predicted molar refractivity (Wildman–Crippen MR) is 90.5 cm³/mol. The average Bonchev–Trinajstić information content (AvgIpc) is 3.06. The van der Waals surface area contributed by atoms with Crippen LogP contribution in [0.4, 0.5) is 5.69 Å². The number of carbonyl (C=O) groups is 2. The number of anilines is 1. The monoisotopic (exact) mass is 331 g/mol. The smallest absolute Gasteiger partial charge is 0.331 e. The SMILES string of the molecule is COc1ccccc1NC(=O)[C@H](C)OC(=O)/C=C/c1cccs1. The van der Waals surface area contributed by atoms with Gasteiger partial charge in [0.05, 0.1) is 12.8 Å². The van der Waals surface area contributed by atoms with Crippen molar-refractivity contribution in [2.75, 3.05) is 12.4 Å². The molecule has 120 valence electrons. The highest BCUT2D eigenvalue weighted by Gasteiger charge is 2.17. The minimum absolute atomic E-state index is 0.424. The zero-order valence-electron chi connectivity index (χ0n) is 12.8. The van der Waals surface area contributed by atoms with Gasteiger partial charge < -0.3 is 14.8 Å². The third-order valence-electron chi connectivity index (χ3n) is 2.95. The first-order chi connectivity index (χ1) is 11.1. The number of carbonyl (C=O) groups excluding carboxylic acids is 2. The van der Waals surface area contributed by atoms with Crippen LogP contribution in [-0.4, -0.2) is 25.1 Å². The summed E-state index contributed by atoms with van der Waals surface area (Å²) in [5.41, 5.74) is 0.525. The summed E-state index contributed by atoms with van der Waals surface area (Å²) in [4.78, 5) is 24.7. The first-order valence-electron chi connectivity index (χ1n) is 6.96. The summed E-state index contributed by atoms with van der Waals surface area (Å²) in [6.45, 7) is 1.52. The Kier molecular flexibility index (Phi) is 5.94. The van der Waals surface area contributed by atoms with Crippen molar-refractivity contribution in [1.29, 1.82) is 0 Å². The Morgan fingerprint density at radius 2 is 2.00 bits per heavy atom. The van der Waals surface area contributed by atoms with Gasteiger partial charge in [0.2, 0.25) is 0 Å². The molecule has 0 saturated carbocycles. The molecule has 2 rings (SSSR count). The standard InChI is InChI=1S/C17H17NO4S/c1-12(22-16(19)10-9-13-6-5-11-23-13)17(20)18-14-7-3-4-8-15(14)21-2/h3-12H,1-2H3,(H,18,20)/b10-9+/t12-/m0/s1. The number of hydrogen-bond acceptors (Lipinski definition) is 5. The van der Waals surface area contributed by atoms with Crippen molar-refractivity contribution in [2.45, 2.75) is 13.0 Å². The van der Waals surface area contributed by atoms with Gasteiger partial charge in [0, 0.05) is 11.0 Å². The van der Waals surface area contributed by atoms with Crippen LogP contribution in [0.25, 0.3) is 6.08 Å². The second-order valence-corrected chi connectivity index (χ2v) is 5.60. The van der Waals surface area contributed by atoms with Crippen LogP contribution in [0.3, 0.4) is 0 Å². The average molecular weight is 331 g/mol. The Bertz CT molecular complexity index is 694. The van der Waals surface area contributed by atoms with Crippen LogP contribution in [0, 0.1) is 0 Å². The summed E-state index contributed by atoms with van der Waals surface area (Å²) in [5.74, 6) is -0.453. The molecule has 1 amide bonds. The maximum absolute atomic E-state index is 12.1. The summed E-state index contributed by atoms with van der Waals surface area (Å²) < 4.78 is 10.2. The summed E-state index contributed by atoms with van der Waals surface area (Å²) in [7, 11) is 1.52. The van der Waals surface area contributed by atoms with E-state index in [1.807, 2.05) is 17.5 Å². The topological polar surface area (TPSA) is 64.6 Å². The second-order valence-electron chi connectivity index (χ2n) is 4.62. The number of thiophene rings is 1. The predicted octanol–water partition coefficient (Wildman–Crippen LogP) is 3.34. The first-order valence-corrected chi connectivity index (χ1v) is 7.84. The fraction of sp³-hybridized carbons (Fsp3) is 0.176. The lowest BCUT2D eigenvalue weighted by atomic mass is 10.2. The van der Waals surface area contributed by atoms with E-state index < -0.39 is 18.0 Å². The molecule has 0 radical (unpaired) electrons. The summed E-state index contributed by atoms with van der Waals surface area (Å²) in [5, 5.41) is 4.58. The Morgan fingerprint density at radius 3 is 2.70 bits per heavy atom. The molecule has 0 saturated heterocycles. The fourth-order valence-electron chi connectivity index (χ4n) is 1.79. The normalized spacial score (nSPS) is 11.9. The number of benzene rings is 1. The number of para-hydroxylation sites is 2. The molecule has 0 unspecified atom stereocenters. The van der Waals surface area contributed by atoms with Crippen LogP contribution in [0.2, 0.25) is 0 Å². The quantitative estimate of drug-likeness (QED) is 0.651. The molecule has 5 nitrogen and oxygen atoms in total. The number of rotatable bonds is 6. The van der Waals surface area contributed by atoms with E-state index in [2.05, 4.69) is 5.32 Å². The van der Waals surface area contributed by atoms with E-state index in [1.54, 1.807) is 30.3 Å². The highest BCUT2D eigenvalue weighted by atomic mass is 32.1. The minimum Gasteiger partial charge on any atom is -0.495 e. The lowest BCUT2D eigenvalue weighted by molar-refractivity contribution is -0.148. The molecule has 0 aliphatic rings. The van der Waals surface area contributed by atoms with Gasteiger partial charge in [-0.05, 0) is 36.6 Å². The van der Waals surface area contributed by atoms with E-state index >= 15 is 0 Å². The lowest BCUT2D eigenvalue weighted by Crippen LogP contribution is -2.29. The van der Waals surface area contributed by atoms with Crippen molar-refractivity contribution < 1.29 is 19.1 Å². The third-order valence-corrected chi connectivity index (χ3v) is 3.79. The molecule has 2 aromatic rings. The van der Waals surface area contributed by atoms with Crippen LogP contribution in [-0.2, 0) is 14.3 Å². The van der Waals surface area contributed by atoms with E-state index in [1.165, 1.54) is 31.4 Å². The van der Waals surface area contributed by atoms with Crippen molar-refractivity contribution in [3.8, 4) is 5.75 Å². The van der Waals surface area contributed by atoms with Gasteiger partial charge in [-0.3, -0.25) is 4.79 Å². The summed E-state index contributed by atoms with van der Waals surface area (Å²) in [6.07, 6.45) is 2.04. The molecular weight excluding hydrogens is 314 g/mol. The van der Waals surface area contributed by atoms with Gasteiger partial charge in [-0.15, -0.1) is 11.3 Å². The molecule has 1 heterocycles. The lowest BCUT2D eigenvalue weighted by Gasteiger charge is -2.14. The van der Waals surface area contributed by atoms with Crippen molar-refractivity contribution in [2.24, 2.45) is 0 Å². The zero-order chi connectivity index (χ0) is 16.7. The number of methoxy groups -OCH3 is 1.